The molecule has 178 valence electrons. The molecular formula is C28H23N5O3. The Morgan fingerprint density at radius 2 is 1.83 bits per heavy atom. The van der Waals surface area contributed by atoms with Crippen molar-refractivity contribution in [3.8, 4) is 6.07 Å². The average Bonchev–Trinajstić information content (AvgIpc) is 3.49. The second-order valence-electron chi connectivity index (χ2n) is 8.73. The van der Waals surface area contributed by atoms with E-state index in [-0.39, 0.29) is 24.8 Å². The molecule has 0 radical (unpaired) electrons. The number of nitrogens with one attached hydrogen (secondary N) is 1. The van der Waals surface area contributed by atoms with Gasteiger partial charge in [-0.25, -0.2) is 4.98 Å². The Labute approximate surface area is 207 Å². The minimum absolute atomic E-state index is 0.0529. The van der Waals surface area contributed by atoms with Gasteiger partial charge in [-0.3, -0.25) is 19.3 Å². The Hall–Kier alpha value is -4.77. The molecule has 1 aliphatic rings. The van der Waals surface area contributed by atoms with Crippen LogP contribution < -0.4 is 5.32 Å². The lowest BCUT2D eigenvalue weighted by atomic mass is 10.0. The Morgan fingerprint density at radius 1 is 1.06 bits per heavy atom. The van der Waals surface area contributed by atoms with Crippen LogP contribution in [0.15, 0.2) is 79.3 Å². The zero-order valence-corrected chi connectivity index (χ0v) is 19.4. The van der Waals surface area contributed by atoms with E-state index >= 15 is 0 Å². The van der Waals surface area contributed by atoms with Crippen LogP contribution >= 0.6 is 0 Å². The van der Waals surface area contributed by atoms with E-state index in [0.717, 1.165) is 16.3 Å². The normalized spacial score (nSPS) is 15.1. The van der Waals surface area contributed by atoms with E-state index in [4.69, 9.17) is 5.26 Å². The largest absolute Gasteiger partial charge is 0.344 e. The topological polar surface area (TPSA) is 108 Å². The van der Waals surface area contributed by atoms with E-state index < -0.39 is 11.9 Å². The number of carbonyl (C=O) groups is 3. The van der Waals surface area contributed by atoms with Crippen molar-refractivity contribution in [2.75, 3.05) is 6.54 Å². The summed E-state index contributed by atoms with van der Waals surface area (Å²) in [5.41, 5.74) is 2.73. The van der Waals surface area contributed by atoms with Crippen LogP contribution in [0.2, 0.25) is 0 Å². The van der Waals surface area contributed by atoms with Gasteiger partial charge in [0.25, 0.3) is 11.8 Å². The highest BCUT2D eigenvalue weighted by atomic mass is 16.2. The van der Waals surface area contributed by atoms with Gasteiger partial charge in [0.15, 0.2) is 0 Å². The lowest BCUT2D eigenvalue weighted by Gasteiger charge is -2.17. The molecular weight excluding hydrogens is 454 g/mol. The van der Waals surface area contributed by atoms with Gasteiger partial charge in [-0.15, -0.1) is 0 Å². The van der Waals surface area contributed by atoms with Crippen LogP contribution in [0, 0.1) is 11.3 Å². The van der Waals surface area contributed by atoms with E-state index in [9.17, 15) is 14.4 Å². The Balaban J connectivity index is 1.22. The summed E-state index contributed by atoms with van der Waals surface area (Å²) in [6.07, 6.45) is 3.69. The predicted octanol–water partition coefficient (Wildman–Crippen LogP) is 3.06. The molecule has 0 unspecified atom stereocenters. The molecule has 5 rings (SSSR count). The number of aromatic nitrogens is 2. The molecule has 1 atom stereocenters. The quantitative estimate of drug-likeness (QED) is 0.430. The summed E-state index contributed by atoms with van der Waals surface area (Å²) in [5.74, 6) is -1.06. The third kappa shape index (κ3) is 4.59. The number of amides is 3. The van der Waals surface area contributed by atoms with Gasteiger partial charge in [0, 0.05) is 30.5 Å². The molecule has 4 aromatic rings. The summed E-state index contributed by atoms with van der Waals surface area (Å²) in [5, 5.41) is 13.5. The summed E-state index contributed by atoms with van der Waals surface area (Å²) < 4.78 is 1.85. The number of nitrogens with zero attached hydrogens (tertiary/aromatic N) is 4. The van der Waals surface area contributed by atoms with Gasteiger partial charge in [0.1, 0.15) is 6.04 Å². The second-order valence-corrected chi connectivity index (χ2v) is 8.73. The van der Waals surface area contributed by atoms with Crippen LogP contribution in [0.5, 0.6) is 0 Å². The SMILES string of the molecule is N#Cc1ccc(Cn2cncc2CC(=O)N[C@@H]2CCN(C(=O)c3cccc4ccccc34)C2=O)cc1. The number of rotatable bonds is 6. The van der Waals surface area contributed by atoms with Crippen LogP contribution in [0.1, 0.15) is 33.6 Å². The van der Waals surface area contributed by atoms with Gasteiger partial charge in [-0.05, 0) is 41.0 Å². The van der Waals surface area contributed by atoms with Crippen LogP contribution in [0.3, 0.4) is 0 Å². The number of imide groups is 1. The standard InChI is InChI=1S/C28H23N5O3/c29-15-19-8-10-20(11-9-19)17-32-18-30-16-22(32)14-26(34)31-25-12-13-33(28(25)36)27(35)24-7-3-5-21-4-1-2-6-23(21)24/h1-11,16,18,25H,12-14,17H2,(H,31,34)/t25-/m1/s1. The van der Waals surface area contributed by atoms with Crippen molar-refractivity contribution in [1.82, 2.24) is 19.8 Å². The third-order valence-corrected chi connectivity index (χ3v) is 6.38. The van der Waals surface area contributed by atoms with Gasteiger partial charge in [0.2, 0.25) is 5.91 Å². The van der Waals surface area contributed by atoms with Gasteiger partial charge < -0.3 is 9.88 Å². The molecule has 1 aromatic heterocycles. The van der Waals surface area contributed by atoms with Crippen LogP contribution in [-0.4, -0.2) is 44.8 Å². The maximum absolute atomic E-state index is 13.2. The van der Waals surface area contributed by atoms with Gasteiger partial charge in [-0.1, -0.05) is 48.5 Å². The summed E-state index contributed by atoms with van der Waals surface area (Å²) >= 11 is 0. The Morgan fingerprint density at radius 3 is 2.64 bits per heavy atom. The first kappa shape index (κ1) is 23.0. The van der Waals surface area contributed by atoms with E-state index in [0.29, 0.717) is 29.8 Å². The number of nitriles is 1. The van der Waals surface area contributed by atoms with Crippen molar-refractivity contribution in [3.05, 3.63) is 102 Å². The highest BCUT2D eigenvalue weighted by Crippen LogP contribution is 2.23. The maximum Gasteiger partial charge on any atom is 0.261 e. The van der Waals surface area contributed by atoms with E-state index in [1.807, 2.05) is 47.0 Å². The van der Waals surface area contributed by atoms with Crippen LogP contribution in [0.25, 0.3) is 10.8 Å². The fourth-order valence-corrected chi connectivity index (χ4v) is 4.50. The third-order valence-electron chi connectivity index (χ3n) is 6.38. The van der Waals surface area contributed by atoms with Crippen LogP contribution in [0.4, 0.5) is 0 Å². The molecule has 1 fully saturated rings. The van der Waals surface area contributed by atoms with E-state index in [2.05, 4.69) is 16.4 Å². The molecule has 0 aliphatic carbocycles. The fraction of sp³-hybridized carbons (Fsp3) is 0.179. The molecule has 0 bridgehead atoms. The van der Waals surface area contributed by atoms with Crippen molar-refractivity contribution >= 4 is 28.5 Å². The van der Waals surface area contributed by atoms with Crippen molar-refractivity contribution in [3.63, 3.8) is 0 Å². The molecule has 1 N–H and O–H groups in total. The van der Waals surface area contributed by atoms with Crippen molar-refractivity contribution in [1.29, 1.82) is 5.26 Å². The fourth-order valence-electron chi connectivity index (χ4n) is 4.50. The van der Waals surface area contributed by atoms with Gasteiger partial charge in [0.05, 0.1) is 24.4 Å². The van der Waals surface area contributed by atoms with Crippen molar-refractivity contribution in [2.24, 2.45) is 0 Å². The summed E-state index contributed by atoms with van der Waals surface area (Å²) in [4.78, 5) is 44.3. The average molecular weight is 478 g/mol. The molecule has 3 aromatic carbocycles. The predicted molar refractivity (Wildman–Crippen MR) is 133 cm³/mol. The monoisotopic (exact) mass is 477 g/mol. The van der Waals surface area contributed by atoms with Crippen molar-refractivity contribution in [2.45, 2.75) is 25.4 Å². The minimum Gasteiger partial charge on any atom is -0.344 e. The minimum atomic E-state index is -0.744. The van der Waals surface area contributed by atoms with Gasteiger partial charge in [-0.2, -0.15) is 5.26 Å². The molecule has 0 saturated carbocycles. The number of imidazole rings is 1. The summed E-state index contributed by atoms with van der Waals surface area (Å²) in [6.45, 7) is 0.756. The lowest BCUT2D eigenvalue weighted by Crippen LogP contribution is -2.43. The van der Waals surface area contributed by atoms with Crippen molar-refractivity contribution < 1.29 is 14.4 Å². The number of likely N-dealkylation sites (tertiary alicyclic amines) is 1. The lowest BCUT2D eigenvalue weighted by molar-refractivity contribution is -0.130. The van der Waals surface area contributed by atoms with E-state index in [1.165, 1.54) is 4.90 Å². The smallest absolute Gasteiger partial charge is 0.261 e. The number of carbonyl (C=O) groups excluding carboxylic acids is 3. The Bertz CT molecular complexity index is 1490. The molecule has 8 heteroatoms. The molecule has 3 amide bonds. The second kappa shape index (κ2) is 9.84. The highest BCUT2D eigenvalue weighted by Gasteiger charge is 2.37. The highest BCUT2D eigenvalue weighted by molar-refractivity contribution is 6.13. The molecule has 8 nitrogen and oxygen atoms in total. The zero-order chi connectivity index (χ0) is 25.1. The maximum atomic E-state index is 13.2. The summed E-state index contributed by atoms with van der Waals surface area (Å²) in [7, 11) is 0. The molecule has 0 spiro atoms. The van der Waals surface area contributed by atoms with E-state index in [1.54, 1.807) is 36.8 Å². The molecule has 1 aliphatic heterocycles. The zero-order valence-electron chi connectivity index (χ0n) is 19.4. The Kier molecular flexibility index (Phi) is 6.29. The number of hydrogen-bond acceptors (Lipinski definition) is 5. The van der Waals surface area contributed by atoms with Crippen LogP contribution in [-0.2, 0) is 22.6 Å². The first-order chi connectivity index (χ1) is 17.5. The molecule has 2 heterocycles. The first-order valence-electron chi connectivity index (χ1n) is 11.6. The number of benzene rings is 3. The first-order valence-corrected chi connectivity index (χ1v) is 11.6. The van der Waals surface area contributed by atoms with Gasteiger partial charge >= 0.3 is 0 Å². The number of hydrogen-bond donors (Lipinski definition) is 1. The molecule has 36 heavy (non-hydrogen) atoms. The number of fused-ring (bicyclic) bond motifs is 1. The molecule has 1 saturated heterocycles. The summed E-state index contributed by atoms with van der Waals surface area (Å²) in [6, 6.07) is 21.6.